The predicted octanol–water partition coefficient (Wildman–Crippen LogP) is 1.36. The third-order valence-corrected chi connectivity index (χ3v) is 2.85. The van der Waals surface area contributed by atoms with E-state index < -0.39 is 0 Å². The van der Waals surface area contributed by atoms with Crippen LogP contribution >= 0.6 is 11.3 Å². The van der Waals surface area contributed by atoms with E-state index >= 15 is 0 Å². The zero-order valence-electron chi connectivity index (χ0n) is 6.64. The fourth-order valence-electron chi connectivity index (χ4n) is 1.33. The molecule has 1 aliphatic rings. The van der Waals surface area contributed by atoms with Crippen molar-refractivity contribution >= 4 is 11.3 Å². The molecule has 2 unspecified atom stereocenters. The second kappa shape index (κ2) is 3.51. The molecule has 0 radical (unpaired) electrons. The van der Waals surface area contributed by atoms with Crippen molar-refractivity contribution < 1.29 is 9.84 Å². The van der Waals surface area contributed by atoms with Gasteiger partial charge >= 0.3 is 0 Å². The number of rotatable bonds is 1. The van der Waals surface area contributed by atoms with Gasteiger partial charge in [0.1, 0.15) is 11.1 Å². The largest absolute Gasteiger partial charge is 0.391 e. The zero-order chi connectivity index (χ0) is 8.39. The van der Waals surface area contributed by atoms with Crippen molar-refractivity contribution in [3.63, 3.8) is 0 Å². The minimum atomic E-state index is -0.277. The van der Waals surface area contributed by atoms with Gasteiger partial charge in [-0.2, -0.15) is 0 Å². The summed E-state index contributed by atoms with van der Waals surface area (Å²) in [5.74, 6) is 0. The molecular weight excluding hydrogens is 174 g/mol. The Labute approximate surface area is 75.0 Å². The number of thiazole rings is 1. The van der Waals surface area contributed by atoms with E-state index in [1.54, 1.807) is 17.5 Å². The van der Waals surface area contributed by atoms with E-state index in [0.717, 1.165) is 17.8 Å². The molecule has 1 aromatic rings. The summed E-state index contributed by atoms with van der Waals surface area (Å²) in [5.41, 5.74) is 0. The average molecular weight is 185 g/mol. The lowest BCUT2D eigenvalue weighted by Gasteiger charge is -2.24. The highest BCUT2D eigenvalue weighted by molar-refractivity contribution is 7.09. The Morgan fingerprint density at radius 1 is 1.58 bits per heavy atom. The van der Waals surface area contributed by atoms with Gasteiger partial charge in [0.15, 0.2) is 0 Å². The van der Waals surface area contributed by atoms with Gasteiger partial charge in [0.2, 0.25) is 0 Å². The van der Waals surface area contributed by atoms with E-state index in [2.05, 4.69) is 4.98 Å². The first-order valence-corrected chi connectivity index (χ1v) is 4.93. The SMILES string of the molecule is OC1CCC(c2nccs2)OC1. The zero-order valence-corrected chi connectivity index (χ0v) is 7.46. The predicted molar refractivity (Wildman–Crippen MR) is 46.0 cm³/mol. The summed E-state index contributed by atoms with van der Waals surface area (Å²) in [6, 6.07) is 0. The summed E-state index contributed by atoms with van der Waals surface area (Å²) >= 11 is 1.61. The summed E-state index contributed by atoms with van der Waals surface area (Å²) in [6.45, 7) is 0.449. The Kier molecular flexibility index (Phi) is 2.39. The quantitative estimate of drug-likeness (QED) is 0.718. The fraction of sp³-hybridized carbons (Fsp3) is 0.625. The summed E-state index contributed by atoms with van der Waals surface area (Å²) in [4.78, 5) is 4.18. The minimum absolute atomic E-state index is 0.119. The second-order valence-electron chi connectivity index (χ2n) is 2.92. The van der Waals surface area contributed by atoms with Crippen LogP contribution in [-0.4, -0.2) is 22.8 Å². The Morgan fingerprint density at radius 2 is 2.50 bits per heavy atom. The molecule has 0 aromatic carbocycles. The van der Waals surface area contributed by atoms with E-state index in [-0.39, 0.29) is 12.2 Å². The van der Waals surface area contributed by atoms with E-state index in [1.165, 1.54) is 0 Å². The van der Waals surface area contributed by atoms with E-state index in [0.29, 0.717) is 6.61 Å². The van der Waals surface area contributed by atoms with E-state index in [9.17, 15) is 5.11 Å². The molecule has 12 heavy (non-hydrogen) atoms. The first-order chi connectivity index (χ1) is 5.86. The fourth-order valence-corrected chi connectivity index (χ4v) is 2.05. The maximum Gasteiger partial charge on any atom is 0.121 e. The number of aliphatic hydroxyl groups is 1. The van der Waals surface area contributed by atoms with Gasteiger partial charge in [-0.15, -0.1) is 11.3 Å². The summed E-state index contributed by atoms with van der Waals surface area (Å²) in [7, 11) is 0. The lowest BCUT2D eigenvalue weighted by Crippen LogP contribution is -2.24. The van der Waals surface area contributed by atoms with Crippen LogP contribution in [0.5, 0.6) is 0 Å². The van der Waals surface area contributed by atoms with Crippen LogP contribution in [0, 0.1) is 0 Å². The first-order valence-electron chi connectivity index (χ1n) is 4.05. The molecule has 1 aliphatic heterocycles. The normalized spacial score (nSPS) is 30.4. The molecule has 1 N–H and O–H groups in total. The molecule has 0 saturated carbocycles. The third kappa shape index (κ3) is 1.65. The molecule has 2 heterocycles. The smallest absolute Gasteiger partial charge is 0.121 e. The summed E-state index contributed by atoms with van der Waals surface area (Å²) < 4.78 is 5.43. The standard InChI is InChI=1S/C8H11NO2S/c10-6-1-2-7(11-5-6)8-9-3-4-12-8/h3-4,6-7,10H,1-2,5H2. The Bertz CT molecular complexity index is 229. The lowest BCUT2D eigenvalue weighted by atomic mass is 10.1. The number of hydrogen-bond donors (Lipinski definition) is 1. The number of aliphatic hydroxyl groups excluding tert-OH is 1. The first kappa shape index (κ1) is 8.16. The van der Waals surface area contributed by atoms with Crippen molar-refractivity contribution in [3.05, 3.63) is 16.6 Å². The molecule has 1 aromatic heterocycles. The van der Waals surface area contributed by atoms with E-state index in [4.69, 9.17) is 4.74 Å². The number of aromatic nitrogens is 1. The van der Waals surface area contributed by atoms with Gasteiger partial charge in [0.05, 0.1) is 12.7 Å². The monoisotopic (exact) mass is 185 g/mol. The minimum Gasteiger partial charge on any atom is -0.391 e. The maximum atomic E-state index is 9.18. The van der Waals surface area contributed by atoms with Crippen molar-refractivity contribution in [2.45, 2.75) is 25.0 Å². The summed E-state index contributed by atoms with van der Waals surface area (Å²) in [5, 5.41) is 12.2. The lowest BCUT2D eigenvalue weighted by molar-refractivity contribution is -0.0569. The van der Waals surface area contributed by atoms with Crippen LogP contribution < -0.4 is 0 Å². The van der Waals surface area contributed by atoms with Crippen molar-refractivity contribution in [2.24, 2.45) is 0 Å². The molecule has 0 aliphatic carbocycles. The Morgan fingerprint density at radius 3 is 3.08 bits per heavy atom. The van der Waals surface area contributed by atoms with Crippen LogP contribution in [0.4, 0.5) is 0 Å². The maximum absolute atomic E-state index is 9.18. The molecule has 4 heteroatoms. The van der Waals surface area contributed by atoms with Gasteiger partial charge < -0.3 is 9.84 Å². The van der Waals surface area contributed by atoms with Crippen molar-refractivity contribution in [2.75, 3.05) is 6.61 Å². The van der Waals surface area contributed by atoms with E-state index in [1.807, 2.05) is 5.38 Å². The molecule has 0 bridgehead atoms. The third-order valence-electron chi connectivity index (χ3n) is 1.98. The van der Waals surface area contributed by atoms with Crippen LogP contribution in [0.2, 0.25) is 0 Å². The van der Waals surface area contributed by atoms with Gasteiger partial charge in [-0.05, 0) is 12.8 Å². The van der Waals surface area contributed by atoms with Gasteiger partial charge in [0, 0.05) is 11.6 Å². The number of nitrogens with zero attached hydrogens (tertiary/aromatic N) is 1. The van der Waals surface area contributed by atoms with Gasteiger partial charge in [-0.25, -0.2) is 4.98 Å². The molecule has 1 fully saturated rings. The Hall–Kier alpha value is -0.450. The topological polar surface area (TPSA) is 42.4 Å². The highest BCUT2D eigenvalue weighted by Gasteiger charge is 2.22. The molecular formula is C8H11NO2S. The van der Waals surface area contributed by atoms with Crippen LogP contribution in [0.1, 0.15) is 24.0 Å². The number of hydrogen-bond acceptors (Lipinski definition) is 4. The van der Waals surface area contributed by atoms with Crippen LogP contribution in [0.15, 0.2) is 11.6 Å². The van der Waals surface area contributed by atoms with Crippen LogP contribution in [0.25, 0.3) is 0 Å². The molecule has 0 amide bonds. The van der Waals surface area contributed by atoms with Crippen molar-refractivity contribution in [3.8, 4) is 0 Å². The highest BCUT2D eigenvalue weighted by atomic mass is 32.1. The van der Waals surface area contributed by atoms with Crippen molar-refractivity contribution in [1.29, 1.82) is 0 Å². The van der Waals surface area contributed by atoms with Gasteiger partial charge in [0.25, 0.3) is 0 Å². The molecule has 2 rings (SSSR count). The van der Waals surface area contributed by atoms with Gasteiger partial charge in [-0.1, -0.05) is 0 Å². The Balaban J connectivity index is 1.99. The van der Waals surface area contributed by atoms with Crippen LogP contribution in [-0.2, 0) is 4.74 Å². The molecule has 3 nitrogen and oxygen atoms in total. The highest BCUT2D eigenvalue weighted by Crippen LogP contribution is 2.28. The summed E-state index contributed by atoms with van der Waals surface area (Å²) in [6.07, 6.45) is 3.34. The number of ether oxygens (including phenoxy) is 1. The molecule has 1 saturated heterocycles. The molecule has 2 atom stereocenters. The molecule has 0 spiro atoms. The second-order valence-corrected chi connectivity index (χ2v) is 3.85. The van der Waals surface area contributed by atoms with Crippen molar-refractivity contribution in [1.82, 2.24) is 4.98 Å². The molecule has 66 valence electrons. The van der Waals surface area contributed by atoms with Crippen LogP contribution in [0.3, 0.4) is 0 Å². The van der Waals surface area contributed by atoms with Gasteiger partial charge in [-0.3, -0.25) is 0 Å². The average Bonchev–Trinajstić information content (AvgIpc) is 2.58.